The maximum atomic E-state index is 12.0. The Morgan fingerprint density at radius 3 is 2.20 bits per heavy atom. The number of sulfonamides is 1. The van der Waals surface area contributed by atoms with Crippen LogP contribution in [0.2, 0.25) is 0 Å². The average molecular weight is 527 g/mol. The van der Waals surface area contributed by atoms with Gasteiger partial charge < -0.3 is 20.5 Å². The van der Waals surface area contributed by atoms with Crippen molar-refractivity contribution in [1.29, 1.82) is 0 Å². The number of nitrogens with zero attached hydrogens (tertiary/aromatic N) is 1. The molecule has 1 heterocycles. The Hall–Kier alpha value is -2.53. The van der Waals surface area contributed by atoms with Gasteiger partial charge in [0.2, 0.25) is 10.0 Å². The van der Waals surface area contributed by atoms with Gasteiger partial charge >= 0.3 is 6.03 Å². The molecular formula is C24H35ClN4O5S. The molecule has 1 atom stereocenters. The zero-order valence-electron chi connectivity index (χ0n) is 20.1. The first kappa shape index (κ1) is 28.7. The van der Waals surface area contributed by atoms with E-state index in [2.05, 4.69) is 20.3 Å². The Balaban J connectivity index is 0.00000432. The van der Waals surface area contributed by atoms with Crippen LogP contribution in [0, 0.1) is 0 Å². The predicted octanol–water partition coefficient (Wildman–Crippen LogP) is 3.31. The van der Waals surface area contributed by atoms with Crippen molar-refractivity contribution in [1.82, 2.24) is 15.5 Å². The molecule has 4 N–H and O–H groups in total. The summed E-state index contributed by atoms with van der Waals surface area (Å²) in [5.74, 6) is 1.32. The molecule has 2 aromatic rings. The predicted molar refractivity (Wildman–Crippen MR) is 140 cm³/mol. The number of benzene rings is 2. The summed E-state index contributed by atoms with van der Waals surface area (Å²) in [6, 6.07) is 14.6. The maximum Gasteiger partial charge on any atom is 0.315 e. The molecule has 1 aliphatic rings. The number of halogens is 1. The second-order valence-corrected chi connectivity index (χ2v) is 10.4. The van der Waals surface area contributed by atoms with Crippen LogP contribution in [-0.4, -0.2) is 62.5 Å². The first-order chi connectivity index (χ1) is 16.2. The summed E-state index contributed by atoms with van der Waals surface area (Å²) in [4.78, 5) is 14.3. The number of carbonyl (C=O) groups is 1. The molecule has 1 unspecified atom stereocenters. The average Bonchev–Trinajstić information content (AvgIpc) is 2.80. The molecular weight excluding hydrogens is 492 g/mol. The minimum Gasteiger partial charge on any atom is -0.457 e. The van der Waals surface area contributed by atoms with E-state index in [9.17, 15) is 18.3 Å². The SMILES string of the molecule is CCC(O)CNC(=O)NC1CCN(Cc2ccc(Oc3ccc(NS(C)(=O)=O)cc3)cc2)CC1.Cl. The quantitative estimate of drug-likeness (QED) is 0.377. The Morgan fingerprint density at radius 1 is 1.09 bits per heavy atom. The van der Waals surface area contributed by atoms with Crippen LogP contribution in [-0.2, 0) is 16.6 Å². The molecule has 0 aliphatic carbocycles. The molecule has 11 heteroatoms. The van der Waals surface area contributed by atoms with Gasteiger partial charge in [-0.3, -0.25) is 9.62 Å². The highest BCUT2D eigenvalue weighted by Crippen LogP contribution is 2.24. The van der Waals surface area contributed by atoms with Gasteiger partial charge in [-0.2, -0.15) is 0 Å². The van der Waals surface area contributed by atoms with Gasteiger partial charge in [-0.15, -0.1) is 12.4 Å². The number of nitrogens with one attached hydrogen (secondary N) is 3. The van der Waals surface area contributed by atoms with Crippen molar-refractivity contribution in [3.05, 3.63) is 54.1 Å². The van der Waals surface area contributed by atoms with Gasteiger partial charge in [0.05, 0.1) is 12.4 Å². The van der Waals surface area contributed by atoms with E-state index < -0.39 is 16.1 Å². The highest BCUT2D eigenvalue weighted by molar-refractivity contribution is 7.92. The first-order valence-corrected chi connectivity index (χ1v) is 13.4. The van der Waals surface area contributed by atoms with E-state index in [1.807, 2.05) is 31.2 Å². The van der Waals surface area contributed by atoms with E-state index in [1.54, 1.807) is 24.3 Å². The fraction of sp³-hybridized carbons (Fsp3) is 0.458. The maximum absolute atomic E-state index is 12.0. The number of likely N-dealkylation sites (tertiary alicyclic amines) is 1. The number of aliphatic hydroxyl groups is 1. The second-order valence-electron chi connectivity index (χ2n) is 8.61. The molecule has 0 spiro atoms. The summed E-state index contributed by atoms with van der Waals surface area (Å²) >= 11 is 0. The van der Waals surface area contributed by atoms with Crippen molar-refractivity contribution in [2.24, 2.45) is 0 Å². The molecule has 2 amide bonds. The van der Waals surface area contributed by atoms with Crippen molar-refractivity contribution in [3.8, 4) is 11.5 Å². The molecule has 0 aromatic heterocycles. The van der Waals surface area contributed by atoms with Crippen molar-refractivity contribution < 1.29 is 23.1 Å². The summed E-state index contributed by atoms with van der Waals surface area (Å²) in [6.45, 7) is 4.77. The molecule has 1 fully saturated rings. The van der Waals surface area contributed by atoms with Crippen molar-refractivity contribution >= 4 is 34.1 Å². The second kappa shape index (κ2) is 13.5. The number of amides is 2. The van der Waals surface area contributed by atoms with Crippen molar-refractivity contribution in [2.75, 3.05) is 30.6 Å². The zero-order chi connectivity index (χ0) is 24.6. The topological polar surface area (TPSA) is 120 Å². The van der Waals surface area contributed by atoms with E-state index in [0.29, 0.717) is 23.6 Å². The van der Waals surface area contributed by atoms with Gasteiger partial charge in [0.15, 0.2) is 0 Å². The normalized spacial score (nSPS) is 15.5. The Morgan fingerprint density at radius 2 is 1.66 bits per heavy atom. The van der Waals surface area contributed by atoms with Gasteiger partial charge in [0.1, 0.15) is 11.5 Å². The molecule has 9 nitrogen and oxygen atoms in total. The molecule has 194 valence electrons. The van der Waals surface area contributed by atoms with Gasteiger partial charge in [0, 0.05) is 37.9 Å². The van der Waals surface area contributed by atoms with Crippen LogP contribution in [0.1, 0.15) is 31.7 Å². The lowest BCUT2D eigenvalue weighted by molar-refractivity contribution is 0.162. The zero-order valence-corrected chi connectivity index (χ0v) is 21.7. The van der Waals surface area contributed by atoms with Crippen LogP contribution in [0.15, 0.2) is 48.5 Å². The lowest BCUT2D eigenvalue weighted by Gasteiger charge is -2.32. The molecule has 2 aromatic carbocycles. The lowest BCUT2D eigenvalue weighted by atomic mass is 10.0. The summed E-state index contributed by atoms with van der Waals surface area (Å²) in [5, 5.41) is 15.2. The Kier molecular flexibility index (Phi) is 11.1. The van der Waals surface area contributed by atoms with Crippen LogP contribution in [0.25, 0.3) is 0 Å². The number of rotatable bonds is 10. The van der Waals surface area contributed by atoms with E-state index in [-0.39, 0.29) is 31.0 Å². The van der Waals surface area contributed by atoms with Crippen molar-refractivity contribution in [2.45, 2.75) is 44.9 Å². The highest BCUT2D eigenvalue weighted by atomic mass is 35.5. The molecule has 1 aliphatic heterocycles. The molecule has 35 heavy (non-hydrogen) atoms. The monoisotopic (exact) mass is 526 g/mol. The molecule has 0 radical (unpaired) electrons. The van der Waals surface area contributed by atoms with Crippen LogP contribution < -0.4 is 20.1 Å². The summed E-state index contributed by atoms with van der Waals surface area (Å²) in [7, 11) is -3.31. The summed E-state index contributed by atoms with van der Waals surface area (Å²) in [5.41, 5.74) is 1.66. The third-order valence-corrected chi connectivity index (χ3v) is 6.22. The number of hydrogen-bond donors (Lipinski definition) is 4. The number of ether oxygens (including phenoxy) is 1. The van der Waals surface area contributed by atoms with Crippen molar-refractivity contribution in [3.63, 3.8) is 0 Å². The van der Waals surface area contributed by atoms with E-state index in [4.69, 9.17) is 4.74 Å². The Bertz CT molecular complexity index is 1030. The summed E-state index contributed by atoms with van der Waals surface area (Å²) in [6.07, 6.45) is 2.99. The van der Waals surface area contributed by atoms with Crippen LogP contribution in [0.5, 0.6) is 11.5 Å². The number of piperidine rings is 1. The van der Waals surface area contributed by atoms with Crippen LogP contribution in [0.4, 0.5) is 10.5 Å². The fourth-order valence-corrected chi connectivity index (χ4v) is 4.25. The largest absolute Gasteiger partial charge is 0.457 e. The molecule has 3 rings (SSSR count). The van der Waals surface area contributed by atoms with Crippen LogP contribution in [0.3, 0.4) is 0 Å². The third-order valence-electron chi connectivity index (χ3n) is 5.62. The lowest BCUT2D eigenvalue weighted by Crippen LogP contribution is -2.48. The van der Waals surface area contributed by atoms with Gasteiger partial charge in [0.25, 0.3) is 0 Å². The molecule has 1 saturated heterocycles. The van der Waals surface area contributed by atoms with E-state index in [1.165, 1.54) is 5.56 Å². The minimum absolute atomic E-state index is 0. The highest BCUT2D eigenvalue weighted by Gasteiger charge is 2.21. The van der Waals surface area contributed by atoms with E-state index >= 15 is 0 Å². The number of urea groups is 1. The van der Waals surface area contributed by atoms with Gasteiger partial charge in [-0.05, 0) is 61.2 Å². The smallest absolute Gasteiger partial charge is 0.315 e. The number of anilines is 1. The number of hydrogen-bond acceptors (Lipinski definition) is 6. The standard InChI is InChI=1S/C24H34N4O5S.ClH/c1-3-21(29)16-25-24(30)26-19-12-14-28(15-13-19)17-18-4-8-22(9-5-18)33-23-10-6-20(7-11-23)27-34(2,31)32;/h4-11,19,21,27,29H,3,12-17H2,1-2H3,(H2,25,26,30);1H. The Labute approximate surface area is 213 Å². The molecule has 0 bridgehead atoms. The van der Waals surface area contributed by atoms with Gasteiger partial charge in [-0.1, -0.05) is 19.1 Å². The third kappa shape index (κ3) is 10.3. The number of carbonyl (C=O) groups excluding carboxylic acids is 1. The van der Waals surface area contributed by atoms with E-state index in [0.717, 1.165) is 38.7 Å². The fourth-order valence-electron chi connectivity index (χ4n) is 3.69. The number of aliphatic hydroxyl groups excluding tert-OH is 1. The molecule has 0 saturated carbocycles. The summed E-state index contributed by atoms with van der Waals surface area (Å²) < 4.78 is 30.9. The minimum atomic E-state index is -3.31. The van der Waals surface area contributed by atoms with Crippen LogP contribution >= 0.6 is 12.4 Å². The van der Waals surface area contributed by atoms with Gasteiger partial charge in [-0.25, -0.2) is 13.2 Å². The first-order valence-electron chi connectivity index (χ1n) is 11.5.